The average Bonchev–Trinajstić information content (AvgIpc) is 3.00. The zero-order valence-corrected chi connectivity index (χ0v) is 14.3. The highest BCUT2D eigenvalue weighted by Crippen LogP contribution is 2.35. The van der Waals surface area contributed by atoms with E-state index in [0.717, 1.165) is 15.6 Å². The van der Waals surface area contributed by atoms with Crippen LogP contribution in [0.25, 0.3) is 22.6 Å². The first kappa shape index (κ1) is 15.8. The number of benzene rings is 2. The van der Waals surface area contributed by atoms with Crippen LogP contribution in [0, 0.1) is 0 Å². The molecule has 0 bridgehead atoms. The molecule has 0 aliphatic carbocycles. The van der Waals surface area contributed by atoms with Crippen LogP contribution in [-0.2, 0) is 4.79 Å². The van der Waals surface area contributed by atoms with Crippen LogP contribution in [0.1, 0.15) is 11.1 Å². The van der Waals surface area contributed by atoms with Gasteiger partial charge >= 0.3 is 5.97 Å². The number of oxazole rings is 1. The summed E-state index contributed by atoms with van der Waals surface area (Å²) in [6.07, 6.45) is 0. The maximum Gasteiger partial charge on any atom is 0.325 e. The van der Waals surface area contributed by atoms with Crippen LogP contribution in [0.3, 0.4) is 0 Å². The third-order valence-corrected chi connectivity index (χ3v) is 4.24. The smallest absolute Gasteiger partial charge is 0.325 e. The molecule has 0 aliphatic heterocycles. The van der Waals surface area contributed by atoms with Crippen molar-refractivity contribution in [3.63, 3.8) is 0 Å². The third kappa shape index (κ3) is 3.33. The van der Waals surface area contributed by atoms with E-state index < -0.39 is 11.2 Å². The van der Waals surface area contributed by atoms with Gasteiger partial charge in [0.05, 0.1) is 0 Å². The molecular formula is C17H12BrNO3S. The number of hydrogen-bond donors (Lipinski definition) is 2. The van der Waals surface area contributed by atoms with Gasteiger partial charge in [0.15, 0.2) is 11.0 Å². The molecule has 0 saturated heterocycles. The molecule has 1 unspecified atom stereocenters. The van der Waals surface area contributed by atoms with E-state index in [0.29, 0.717) is 11.5 Å². The second kappa shape index (κ2) is 6.60. The molecule has 0 radical (unpaired) electrons. The van der Waals surface area contributed by atoms with Gasteiger partial charge in [-0.1, -0.05) is 58.4 Å². The first-order chi connectivity index (χ1) is 11.1. The van der Waals surface area contributed by atoms with Crippen LogP contribution in [0.5, 0.6) is 0 Å². The Balaban J connectivity index is 2.16. The van der Waals surface area contributed by atoms with Crippen LogP contribution in [-0.4, -0.2) is 16.1 Å². The topological polar surface area (TPSA) is 63.3 Å². The molecule has 0 spiro atoms. The molecule has 1 N–H and O–H groups in total. The number of thiol groups is 1. The van der Waals surface area contributed by atoms with Gasteiger partial charge in [0.1, 0.15) is 5.69 Å². The van der Waals surface area contributed by atoms with E-state index in [9.17, 15) is 4.79 Å². The minimum atomic E-state index is -1.11. The Bertz CT molecular complexity index is 831. The summed E-state index contributed by atoms with van der Waals surface area (Å²) in [5.74, 6) is -0.506. The number of halogens is 1. The van der Waals surface area contributed by atoms with Gasteiger partial charge in [-0.2, -0.15) is 12.6 Å². The van der Waals surface area contributed by atoms with Crippen LogP contribution in [0.2, 0.25) is 0 Å². The van der Waals surface area contributed by atoms with Crippen molar-refractivity contribution in [2.75, 3.05) is 0 Å². The van der Waals surface area contributed by atoms with E-state index in [1.54, 1.807) is 0 Å². The second-order valence-electron chi connectivity index (χ2n) is 4.84. The molecule has 6 heteroatoms. The number of rotatable bonds is 4. The van der Waals surface area contributed by atoms with Crippen molar-refractivity contribution >= 4 is 34.5 Å². The number of nitrogens with zero attached hydrogens (tertiary/aromatic N) is 1. The summed E-state index contributed by atoms with van der Waals surface area (Å²) < 4.78 is 6.68. The Morgan fingerprint density at radius 1 is 1.09 bits per heavy atom. The number of aliphatic carboxylic acids is 1. The molecule has 116 valence electrons. The Morgan fingerprint density at radius 3 is 2.35 bits per heavy atom. The first-order valence-electron chi connectivity index (χ1n) is 6.79. The summed E-state index contributed by atoms with van der Waals surface area (Å²) >= 11 is 7.45. The number of hydrogen-bond acceptors (Lipinski definition) is 4. The molecular weight excluding hydrogens is 378 g/mol. The molecule has 1 heterocycles. The molecule has 1 atom stereocenters. The largest absolute Gasteiger partial charge is 0.480 e. The fraction of sp³-hybridized carbons (Fsp3) is 0.0588. The lowest BCUT2D eigenvalue weighted by molar-refractivity contribution is -0.136. The Hall–Kier alpha value is -2.05. The molecule has 4 nitrogen and oxygen atoms in total. The quantitative estimate of drug-likeness (QED) is 0.627. The lowest BCUT2D eigenvalue weighted by Crippen LogP contribution is -2.05. The van der Waals surface area contributed by atoms with E-state index in [2.05, 4.69) is 33.5 Å². The maximum atomic E-state index is 11.2. The molecule has 0 saturated carbocycles. The van der Waals surface area contributed by atoms with E-state index in [1.807, 2.05) is 54.6 Å². The molecule has 2 aromatic carbocycles. The van der Waals surface area contributed by atoms with E-state index in [4.69, 9.17) is 9.52 Å². The molecule has 0 fully saturated rings. The fourth-order valence-electron chi connectivity index (χ4n) is 2.15. The predicted molar refractivity (Wildman–Crippen MR) is 94.4 cm³/mol. The predicted octanol–water partition coefficient (Wildman–Crippen LogP) is 4.83. The van der Waals surface area contributed by atoms with Crippen LogP contribution < -0.4 is 0 Å². The number of carboxylic acid groups (broad SMARTS) is 1. The monoisotopic (exact) mass is 389 g/mol. The Kier molecular flexibility index (Phi) is 4.54. The van der Waals surface area contributed by atoms with E-state index in [-0.39, 0.29) is 5.89 Å². The molecule has 3 aromatic rings. The van der Waals surface area contributed by atoms with Crippen molar-refractivity contribution in [3.05, 3.63) is 65.0 Å². The second-order valence-corrected chi connectivity index (χ2v) is 6.28. The van der Waals surface area contributed by atoms with Gasteiger partial charge in [-0.3, -0.25) is 4.79 Å². The zero-order chi connectivity index (χ0) is 16.4. The highest BCUT2D eigenvalue weighted by Gasteiger charge is 2.25. The summed E-state index contributed by atoms with van der Waals surface area (Å²) in [6, 6.07) is 17.0. The van der Waals surface area contributed by atoms with Crippen molar-refractivity contribution in [1.82, 2.24) is 4.98 Å². The maximum absolute atomic E-state index is 11.2. The van der Waals surface area contributed by atoms with Crippen LogP contribution >= 0.6 is 28.6 Å². The third-order valence-electron chi connectivity index (χ3n) is 3.27. The summed E-state index contributed by atoms with van der Waals surface area (Å²) in [7, 11) is 0. The minimum Gasteiger partial charge on any atom is -0.480 e. The van der Waals surface area contributed by atoms with Gasteiger partial charge in [0, 0.05) is 15.6 Å². The van der Waals surface area contributed by atoms with Crippen molar-refractivity contribution in [2.45, 2.75) is 5.25 Å². The standard InChI is InChI=1S/C17H12BrNO3S/c18-12-8-6-11(7-9-12)14-13(10-4-2-1-3-5-10)19-16(22-14)15(23)17(20)21/h1-9,15,23H,(H,20,21). The van der Waals surface area contributed by atoms with Crippen molar-refractivity contribution < 1.29 is 14.3 Å². The van der Waals surface area contributed by atoms with Crippen LogP contribution in [0.15, 0.2) is 63.5 Å². The summed E-state index contributed by atoms with van der Waals surface area (Å²) in [5.41, 5.74) is 2.27. The number of carboxylic acids is 1. The van der Waals surface area contributed by atoms with Gasteiger partial charge in [-0.15, -0.1) is 0 Å². The molecule has 0 aliphatic rings. The highest BCUT2D eigenvalue weighted by molar-refractivity contribution is 9.10. The summed E-state index contributed by atoms with van der Waals surface area (Å²) in [4.78, 5) is 15.5. The van der Waals surface area contributed by atoms with Gasteiger partial charge < -0.3 is 9.52 Å². The minimum absolute atomic E-state index is 0.0672. The summed E-state index contributed by atoms with van der Waals surface area (Å²) in [5, 5.41) is 8.02. The molecule has 23 heavy (non-hydrogen) atoms. The zero-order valence-electron chi connectivity index (χ0n) is 11.8. The van der Waals surface area contributed by atoms with Gasteiger partial charge in [-0.25, -0.2) is 4.98 Å². The van der Waals surface area contributed by atoms with Crippen molar-refractivity contribution in [1.29, 1.82) is 0 Å². The SMILES string of the molecule is O=C(O)C(S)c1nc(-c2ccccc2)c(-c2ccc(Br)cc2)o1. The molecule has 0 amide bonds. The Morgan fingerprint density at radius 2 is 1.74 bits per heavy atom. The summed E-state index contributed by atoms with van der Waals surface area (Å²) in [6.45, 7) is 0. The first-order valence-corrected chi connectivity index (χ1v) is 8.10. The van der Waals surface area contributed by atoms with Gasteiger partial charge in [0.2, 0.25) is 5.89 Å². The van der Waals surface area contributed by atoms with Gasteiger partial charge in [0.25, 0.3) is 0 Å². The average molecular weight is 390 g/mol. The van der Waals surface area contributed by atoms with Crippen LogP contribution in [0.4, 0.5) is 0 Å². The lowest BCUT2D eigenvalue weighted by Gasteiger charge is -2.01. The van der Waals surface area contributed by atoms with E-state index in [1.165, 1.54) is 0 Å². The van der Waals surface area contributed by atoms with Gasteiger partial charge in [-0.05, 0) is 12.1 Å². The van der Waals surface area contributed by atoms with Crippen molar-refractivity contribution in [3.8, 4) is 22.6 Å². The van der Waals surface area contributed by atoms with E-state index >= 15 is 0 Å². The fourth-order valence-corrected chi connectivity index (χ4v) is 2.52. The Labute approximate surface area is 146 Å². The highest BCUT2D eigenvalue weighted by atomic mass is 79.9. The number of aromatic nitrogens is 1. The normalized spacial score (nSPS) is 12.1. The lowest BCUT2D eigenvalue weighted by atomic mass is 10.1. The number of carbonyl (C=O) groups is 1. The molecule has 3 rings (SSSR count). The molecule has 1 aromatic heterocycles. The van der Waals surface area contributed by atoms with Crippen molar-refractivity contribution in [2.24, 2.45) is 0 Å².